The molecule has 0 amide bonds. The van der Waals surface area contributed by atoms with E-state index in [1.54, 1.807) is 6.07 Å². The normalized spacial score (nSPS) is 11.2. The lowest BCUT2D eigenvalue weighted by Crippen LogP contribution is -2.45. The second-order valence-corrected chi connectivity index (χ2v) is 3.76. The Bertz CT molecular complexity index is 375. The van der Waals surface area contributed by atoms with Gasteiger partial charge in [0.1, 0.15) is 17.7 Å². The summed E-state index contributed by atoms with van der Waals surface area (Å²) in [5.74, 6) is -0.299. The highest BCUT2D eigenvalue weighted by molar-refractivity contribution is 5.82. The van der Waals surface area contributed by atoms with E-state index in [2.05, 4.69) is 15.3 Å². The van der Waals surface area contributed by atoms with Crippen molar-refractivity contribution in [1.82, 2.24) is 9.97 Å². The van der Waals surface area contributed by atoms with Gasteiger partial charge in [0.05, 0.1) is 0 Å². The van der Waals surface area contributed by atoms with Crippen LogP contribution in [0.25, 0.3) is 0 Å². The molecule has 0 fully saturated rings. The molecule has 0 atom stereocenters. The smallest absolute Gasteiger partial charge is 0.329 e. The third kappa shape index (κ3) is 2.48. The summed E-state index contributed by atoms with van der Waals surface area (Å²) in [6, 6.07) is 1.74. The summed E-state index contributed by atoms with van der Waals surface area (Å²) in [5, 5.41) is 12.2. The molecule has 0 aromatic carbocycles. The highest BCUT2D eigenvalue weighted by atomic mass is 16.4. The van der Waals surface area contributed by atoms with Crippen molar-refractivity contribution in [2.24, 2.45) is 0 Å². The predicted octanol–water partition coefficient (Wildman–Crippen LogP) is 1.84. The van der Waals surface area contributed by atoms with Crippen LogP contribution in [0.4, 0.5) is 5.82 Å². The van der Waals surface area contributed by atoms with Crippen LogP contribution in [0.2, 0.25) is 0 Å². The minimum atomic E-state index is -0.944. The van der Waals surface area contributed by atoms with E-state index in [1.165, 1.54) is 6.33 Å². The van der Waals surface area contributed by atoms with Crippen molar-refractivity contribution >= 4 is 11.8 Å². The van der Waals surface area contributed by atoms with Crippen molar-refractivity contribution in [3.8, 4) is 0 Å². The van der Waals surface area contributed by atoms with Crippen LogP contribution in [0.3, 0.4) is 0 Å². The van der Waals surface area contributed by atoms with E-state index < -0.39 is 11.5 Å². The molecule has 16 heavy (non-hydrogen) atoms. The van der Waals surface area contributed by atoms with Crippen molar-refractivity contribution in [1.29, 1.82) is 0 Å². The van der Waals surface area contributed by atoms with Gasteiger partial charge in [0, 0.05) is 11.8 Å². The molecule has 2 N–H and O–H groups in total. The van der Waals surface area contributed by atoms with Crippen molar-refractivity contribution < 1.29 is 9.90 Å². The van der Waals surface area contributed by atoms with E-state index in [0.29, 0.717) is 18.7 Å². The van der Waals surface area contributed by atoms with Crippen molar-refractivity contribution in [3.05, 3.63) is 18.1 Å². The van der Waals surface area contributed by atoms with Crippen LogP contribution in [0.5, 0.6) is 0 Å². The van der Waals surface area contributed by atoms with Gasteiger partial charge in [-0.25, -0.2) is 14.8 Å². The molecule has 0 saturated heterocycles. The molecular weight excluding hydrogens is 206 g/mol. The molecule has 0 spiro atoms. The number of carbonyl (C=O) groups is 1. The Morgan fingerprint density at radius 2 is 2.06 bits per heavy atom. The Morgan fingerprint density at radius 3 is 2.50 bits per heavy atom. The second kappa shape index (κ2) is 4.92. The Kier molecular flexibility index (Phi) is 3.82. The minimum absolute atomic E-state index is 0.502. The summed E-state index contributed by atoms with van der Waals surface area (Å²) >= 11 is 0. The van der Waals surface area contributed by atoms with Crippen molar-refractivity contribution in [3.63, 3.8) is 0 Å². The quantitative estimate of drug-likeness (QED) is 0.796. The number of aromatic nitrogens is 2. The number of rotatable bonds is 5. The van der Waals surface area contributed by atoms with E-state index in [-0.39, 0.29) is 0 Å². The number of anilines is 1. The molecule has 0 aliphatic rings. The Hall–Kier alpha value is -1.65. The van der Waals surface area contributed by atoms with Gasteiger partial charge in [-0.3, -0.25) is 0 Å². The average molecular weight is 223 g/mol. The van der Waals surface area contributed by atoms with Crippen LogP contribution >= 0.6 is 0 Å². The van der Waals surface area contributed by atoms with E-state index in [0.717, 1.165) is 5.69 Å². The van der Waals surface area contributed by atoms with Gasteiger partial charge in [0.15, 0.2) is 0 Å². The number of hydrogen-bond acceptors (Lipinski definition) is 4. The maximum absolute atomic E-state index is 11.3. The van der Waals surface area contributed by atoms with Crippen LogP contribution in [0, 0.1) is 6.92 Å². The molecule has 0 radical (unpaired) electrons. The van der Waals surface area contributed by atoms with E-state index in [9.17, 15) is 9.90 Å². The minimum Gasteiger partial charge on any atom is -0.480 e. The highest BCUT2D eigenvalue weighted by Crippen LogP contribution is 2.21. The van der Waals surface area contributed by atoms with E-state index in [4.69, 9.17) is 0 Å². The monoisotopic (exact) mass is 223 g/mol. The Balaban J connectivity index is 2.96. The van der Waals surface area contributed by atoms with Crippen LogP contribution in [-0.4, -0.2) is 26.6 Å². The fourth-order valence-electron chi connectivity index (χ4n) is 1.55. The van der Waals surface area contributed by atoms with Gasteiger partial charge in [0.2, 0.25) is 0 Å². The van der Waals surface area contributed by atoms with Gasteiger partial charge < -0.3 is 10.4 Å². The molecule has 1 rings (SSSR count). The largest absolute Gasteiger partial charge is 0.480 e. The molecular formula is C11H17N3O2. The first-order valence-corrected chi connectivity index (χ1v) is 5.34. The SMILES string of the molecule is CCC(CC)(Nc1cc(C)ncn1)C(=O)O. The molecule has 1 aromatic rings. The topological polar surface area (TPSA) is 75.1 Å². The summed E-state index contributed by atoms with van der Waals surface area (Å²) in [6.07, 6.45) is 2.43. The molecule has 1 aromatic heterocycles. The lowest BCUT2D eigenvalue weighted by Gasteiger charge is -2.28. The number of aryl methyl sites for hydroxylation is 1. The van der Waals surface area contributed by atoms with Gasteiger partial charge in [0.25, 0.3) is 0 Å². The average Bonchev–Trinajstić information content (AvgIpc) is 2.25. The lowest BCUT2D eigenvalue weighted by molar-refractivity contribution is -0.142. The zero-order valence-electron chi connectivity index (χ0n) is 9.82. The summed E-state index contributed by atoms with van der Waals surface area (Å²) < 4.78 is 0. The third-order valence-electron chi connectivity index (χ3n) is 2.79. The Morgan fingerprint density at radius 1 is 1.44 bits per heavy atom. The van der Waals surface area contributed by atoms with Crippen molar-refractivity contribution in [2.45, 2.75) is 39.2 Å². The van der Waals surface area contributed by atoms with Gasteiger partial charge in [-0.2, -0.15) is 0 Å². The zero-order chi connectivity index (χ0) is 12.2. The molecule has 0 bridgehead atoms. The second-order valence-electron chi connectivity index (χ2n) is 3.76. The maximum Gasteiger partial charge on any atom is 0.329 e. The number of carboxylic acid groups (broad SMARTS) is 1. The predicted molar refractivity (Wildman–Crippen MR) is 61.3 cm³/mol. The van der Waals surface area contributed by atoms with E-state index >= 15 is 0 Å². The molecule has 0 aliphatic heterocycles. The highest BCUT2D eigenvalue weighted by Gasteiger charge is 2.34. The fraction of sp³-hybridized carbons (Fsp3) is 0.545. The molecule has 1 heterocycles. The molecule has 5 heteroatoms. The zero-order valence-corrected chi connectivity index (χ0v) is 9.82. The van der Waals surface area contributed by atoms with Crippen LogP contribution < -0.4 is 5.32 Å². The number of aliphatic carboxylic acids is 1. The van der Waals surface area contributed by atoms with Gasteiger partial charge >= 0.3 is 5.97 Å². The van der Waals surface area contributed by atoms with Gasteiger partial charge in [-0.05, 0) is 19.8 Å². The first-order valence-electron chi connectivity index (χ1n) is 5.34. The summed E-state index contributed by atoms with van der Waals surface area (Å²) in [6.45, 7) is 5.53. The Labute approximate surface area is 94.9 Å². The van der Waals surface area contributed by atoms with Gasteiger partial charge in [-0.15, -0.1) is 0 Å². The number of hydrogen-bond donors (Lipinski definition) is 2. The maximum atomic E-state index is 11.3. The fourth-order valence-corrected chi connectivity index (χ4v) is 1.55. The third-order valence-corrected chi connectivity index (χ3v) is 2.79. The first kappa shape index (κ1) is 12.4. The summed E-state index contributed by atoms with van der Waals surface area (Å²) in [4.78, 5) is 19.3. The molecule has 0 aliphatic carbocycles. The first-order chi connectivity index (χ1) is 7.54. The molecule has 0 saturated carbocycles. The summed E-state index contributed by atoms with van der Waals surface area (Å²) in [5.41, 5.74) is -0.134. The number of nitrogens with one attached hydrogen (secondary N) is 1. The lowest BCUT2D eigenvalue weighted by atomic mass is 9.93. The molecule has 5 nitrogen and oxygen atoms in total. The van der Waals surface area contributed by atoms with Gasteiger partial charge in [-0.1, -0.05) is 13.8 Å². The molecule has 0 unspecified atom stereocenters. The standard InChI is InChI=1S/C11H17N3O2/c1-4-11(5-2,10(15)16)14-9-6-8(3)12-7-13-9/h6-7H,4-5H2,1-3H3,(H,15,16)(H,12,13,14). The van der Waals surface area contributed by atoms with E-state index in [1.807, 2.05) is 20.8 Å². The van der Waals surface area contributed by atoms with Crippen LogP contribution in [-0.2, 0) is 4.79 Å². The number of carboxylic acids is 1. The summed E-state index contributed by atoms with van der Waals surface area (Å²) in [7, 11) is 0. The number of nitrogens with zero attached hydrogens (tertiary/aromatic N) is 2. The van der Waals surface area contributed by atoms with Crippen LogP contribution in [0.15, 0.2) is 12.4 Å². The van der Waals surface area contributed by atoms with Crippen LogP contribution in [0.1, 0.15) is 32.4 Å². The molecule has 88 valence electrons. The van der Waals surface area contributed by atoms with Crippen molar-refractivity contribution in [2.75, 3.05) is 5.32 Å².